The highest BCUT2D eigenvalue weighted by atomic mass is 16.2. The van der Waals surface area contributed by atoms with Crippen LogP contribution in [-0.2, 0) is 4.79 Å². The van der Waals surface area contributed by atoms with Crippen LogP contribution in [0, 0.1) is 11.3 Å². The summed E-state index contributed by atoms with van der Waals surface area (Å²) in [5, 5.41) is 14.0. The zero-order valence-electron chi connectivity index (χ0n) is 11.1. The van der Waals surface area contributed by atoms with Crippen molar-refractivity contribution in [3.63, 3.8) is 0 Å². The highest BCUT2D eigenvalue weighted by molar-refractivity contribution is 5.94. The van der Waals surface area contributed by atoms with Gasteiger partial charge in [-0.05, 0) is 38.1 Å². The van der Waals surface area contributed by atoms with Gasteiger partial charge in [0.15, 0.2) is 0 Å². The van der Waals surface area contributed by atoms with Crippen molar-refractivity contribution in [1.82, 2.24) is 10.6 Å². The lowest BCUT2D eigenvalue weighted by Crippen LogP contribution is -2.34. The average molecular weight is 259 g/mol. The van der Waals surface area contributed by atoms with Gasteiger partial charge in [0, 0.05) is 24.6 Å². The molecular weight excluding hydrogens is 242 g/mol. The SMILES string of the molecule is CC(C)NC(=O)CCNC(=O)c1ccc(C#N)cc1. The molecule has 0 spiro atoms. The van der Waals surface area contributed by atoms with Crippen LogP contribution in [0.1, 0.15) is 36.2 Å². The van der Waals surface area contributed by atoms with Crippen molar-refractivity contribution in [2.24, 2.45) is 0 Å². The number of nitriles is 1. The lowest BCUT2D eigenvalue weighted by molar-refractivity contribution is -0.121. The van der Waals surface area contributed by atoms with E-state index in [1.54, 1.807) is 24.3 Å². The van der Waals surface area contributed by atoms with Crippen LogP contribution in [0.2, 0.25) is 0 Å². The Morgan fingerprint density at radius 3 is 2.42 bits per heavy atom. The van der Waals surface area contributed by atoms with E-state index in [4.69, 9.17) is 5.26 Å². The van der Waals surface area contributed by atoms with E-state index in [1.165, 1.54) is 0 Å². The van der Waals surface area contributed by atoms with Gasteiger partial charge in [0.25, 0.3) is 5.91 Å². The van der Waals surface area contributed by atoms with E-state index in [0.717, 1.165) is 0 Å². The Bertz CT molecular complexity index is 486. The number of nitrogens with zero attached hydrogens (tertiary/aromatic N) is 1. The Balaban J connectivity index is 2.39. The summed E-state index contributed by atoms with van der Waals surface area (Å²) in [5.41, 5.74) is 0.983. The first-order valence-corrected chi connectivity index (χ1v) is 6.10. The number of amides is 2. The van der Waals surface area contributed by atoms with Gasteiger partial charge in [0.05, 0.1) is 11.6 Å². The number of nitrogens with one attached hydrogen (secondary N) is 2. The highest BCUT2D eigenvalue weighted by Crippen LogP contribution is 2.02. The number of hydrogen-bond donors (Lipinski definition) is 2. The Labute approximate surface area is 112 Å². The second-order valence-corrected chi connectivity index (χ2v) is 4.42. The lowest BCUT2D eigenvalue weighted by Gasteiger charge is -2.09. The van der Waals surface area contributed by atoms with Gasteiger partial charge < -0.3 is 10.6 Å². The number of carbonyl (C=O) groups excluding carboxylic acids is 2. The zero-order valence-corrected chi connectivity index (χ0v) is 11.1. The third-order valence-corrected chi connectivity index (χ3v) is 2.36. The van der Waals surface area contributed by atoms with Gasteiger partial charge in [0.1, 0.15) is 0 Å². The first-order chi connectivity index (χ1) is 9.02. The fourth-order valence-electron chi connectivity index (χ4n) is 1.48. The average Bonchev–Trinajstić information content (AvgIpc) is 2.37. The van der Waals surface area contributed by atoms with Gasteiger partial charge >= 0.3 is 0 Å². The number of hydrogen-bond acceptors (Lipinski definition) is 3. The van der Waals surface area contributed by atoms with E-state index >= 15 is 0 Å². The fourth-order valence-corrected chi connectivity index (χ4v) is 1.48. The third-order valence-electron chi connectivity index (χ3n) is 2.36. The lowest BCUT2D eigenvalue weighted by atomic mass is 10.1. The molecule has 19 heavy (non-hydrogen) atoms. The summed E-state index contributed by atoms with van der Waals surface area (Å²) < 4.78 is 0. The Morgan fingerprint density at radius 1 is 1.26 bits per heavy atom. The minimum absolute atomic E-state index is 0.0878. The Hall–Kier alpha value is -2.35. The summed E-state index contributed by atoms with van der Waals surface area (Å²) in [4.78, 5) is 23.1. The third kappa shape index (κ3) is 5.21. The van der Waals surface area contributed by atoms with Crippen molar-refractivity contribution in [2.45, 2.75) is 26.3 Å². The quantitative estimate of drug-likeness (QED) is 0.833. The molecule has 0 radical (unpaired) electrons. The topological polar surface area (TPSA) is 82.0 Å². The molecule has 0 aliphatic rings. The minimum atomic E-state index is -0.248. The van der Waals surface area contributed by atoms with E-state index in [-0.39, 0.29) is 30.8 Å². The molecule has 0 saturated carbocycles. The molecule has 0 bridgehead atoms. The van der Waals surface area contributed by atoms with Crippen LogP contribution >= 0.6 is 0 Å². The van der Waals surface area contributed by atoms with Crippen LogP contribution in [0.25, 0.3) is 0 Å². The van der Waals surface area contributed by atoms with Gasteiger partial charge in [-0.25, -0.2) is 0 Å². The first-order valence-electron chi connectivity index (χ1n) is 6.10. The van der Waals surface area contributed by atoms with Crippen LogP contribution in [0.15, 0.2) is 24.3 Å². The zero-order chi connectivity index (χ0) is 14.3. The normalized spacial score (nSPS) is 9.79. The maximum absolute atomic E-state index is 11.7. The van der Waals surface area contributed by atoms with Crippen molar-refractivity contribution in [1.29, 1.82) is 5.26 Å². The fraction of sp³-hybridized carbons (Fsp3) is 0.357. The van der Waals surface area contributed by atoms with E-state index in [9.17, 15) is 9.59 Å². The summed E-state index contributed by atoms with van der Waals surface area (Å²) in [6.07, 6.45) is 0.250. The van der Waals surface area contributed by atoms with Crippen molar-refractivity contribution in [2.75, 3.05) is 6.54 Å². The maximum Gasteiger partial charge on any atom is 0.251 e. The molecule has 0 fully saturated rings. The van der Waals surface area contributed by atoms with Crippen LogP contribution in [0.4, 0.5) is 0 Å². The van der Waals surface area contributed by atoms with Crippen LogP contribution in [-0.4, -0.2) is 24.4 Å². The molecule has 0 heterocycles. The molecule has 100 valence electrons. The molecule has 0 aliphatic carbocycles. The van der Waals surface area contributed by atoms with Gasteiger partial charge in [-0.1, -0.05) is 0 Å². The predicted molar refractivity (Wildman–Crippen MR) is 71.4 cm³/mol. The van der Waals surface area contributed by atoms with Crippen molar-refractivity contribution >= 4 is 11.8 Å². The minimum Gasteiger partial charge on any atom is -0.354 e. The van der Waals surface area contributed by atoms with Crippen molar-refractivity contribution in [3.8, 4) is 6.07 Å². The van der Waals surface area contributed by atoms with E-state index in [1.807, 2.05) is 19.9 Å². The molecule has 0 aromatic heterocycles. The monoisotopic (exact) mass is 259 g/mol. The molecule has 5 heteroatoms. The molecule has 2 N–H and O–H groups in total. The largest absolute Gasteiger partial charge is 0.354 e. The Kier molecular flexibility index (Phi) is 5.55. The van der Waals surface area contributed by atoms with Gasteiger partial charge in [-0.2, -0.15) is 5.26 Å². The molecule has 1 rings (SSSR count). The van der Waals surface area contributed by atoms with Crippen molar-refractivity contribution in [3.05, 3.63) is 35.4 Å². The smallest absolute Gasteiger partial charge is 0.251 e. The van der Waals surface area contributed by atoms with E-state index in [0.29, 0.717) is 11.1 Å². The number of benzene rings is 1. The van der Waals surface area contributed by atoms with Gasteiger partial charge in [-0.3, -0.25) is 9.59 Å². The summed E-state index contributed by atoms with van der Waals surface area (Å²) in [7, 11) is 0. The Morgan fingerprint density at radius 2 is 1.89 bits per heavy atom. The van der Waals surface area contributed by atoms with Crippen LogP contribution in [0.5, 0.6) is 0 Å². The second-order valence-electron chi connectivity index (χ2n) is 4.42. The molecule has 0 atom stereocenters. The molecule has 5 nitrogen and oxygen atoms in total. The summed E-state index contributed by atoms with van der Waals surface area (Å²) >= 11 is 0. The summed E-state index contributed by atoms with van der Waals surface area (Å²) in [6.45, 7) is 4.05. The molecule has 0 unspecified atom stereocenters. The van der Waals surface area contributed by atoms with Crippen LogP contribution < -0.4 is 10.6 Å². The molecule has 0 saturated heterocycles. The van der Waals surface area contributed by atoms with E-state index in [2.05, 4.69) is 10.6 Å². The molecule has 2 amide bonds. The molecule has 0 aliphatic heterocycles. The molecule has 1 aromatic carbocycles. The first kappa shape index (κ1) is 14.7. The van der Waals surface area contributed by atoms with Crippen LogP contribution in [0.3, 0.4) is 0 Å². The number of carbonyl (C=O) groups is 2. The summed E-state index contributed by atoms with van der Waals surface area (Å²) in [6, 6.07) is 8.42. The van der Waals surface area contributed by atoms with Gasteiger partial charge in [0.2, 0.25) is 5.91 Å². The highest BCUT2D eigenvalue weighted by Gasteiger charge is 2.07. The summed E-state index contributed by atoms with van der Waals surface area (Å²) in [5.74, 6) is -0.336. The van der Waals surface area contributed by atoms with Crippen molar-refractivity contribution < 1.29 is 9.59 Å². The predicted octanol–water partition coefficient (Wildman–Crippen LogP) is 1.20. The molecule has 1 aromatic rings. The molecular formula is C14H17N3O2. The maximum atomic E-state index is 11.7. The second kappa shape index (κ2) is 7.17. The standard InChI is InChI=1S/C14H17N3O2/c1-10(2)17-13(18)7-8-16-14(19)12-5-3-11(9-15)4-6-12/h3-6,10H,7-8H2,1-2H3,(H,16,19)(H,17,18). The van der Waals surface area contributed by atoms with Gasteiger partial charge in [-0.15, -0.1) is 0 Å². The van der Waals surface area contributed by atoms with E-state index < -0.39 is 0 Å². The number of rotatable bonds is 5.